The second-order valence-corrected chi connectivity index (χ2v) is 10.8. The van der Waals surface area contributed by atoms with Crippen LogP contribution in [0.15, 0.2) is 61.3 Å². The number of rotatable bonds is 7. The fourth-order valence-corrected chi connectivity index (χ4v) is 6.02. The zero-order chi connectivity index (χ0) is 29.2. The van der Waals surface area contributed by atoms with E-state index < -0.39 is 5.82 Å². The highest BCUT2D eigenvalue weighted by molar-refractivity contribution is 7.59. The van der Waals surface area contributed by atoms with E-state index in [1.807, 2.05) is 47.4 Å². The van der Waals surface area contributed by atoms with Gasteiger partial charge < -0.3 is 24.3 Å². The van der Waals surface area contributed by atoms with Gasteiger partial charge in [-0.2, -0.15) is 37.0 Å². The van der Waals surface area contributed by atoms with E-state index in [1.165, 1.54) is 6.08 Å². The second kappa shape index (κ2) is 14.2. The first-order valence-electron chi connectivity index (χ1n) is 14.2. The predicted octanol–water partition coefficient (Wildman–Crippen LogP) is 4.81. The number of carbonyl (C=O) groups excluding carboxylic acids is 1. The number of halogens is 1. The minimum absolute atomic E-state index is 0. The third-order valence-electron chi connectivity index (χ3n) is 8.31. The Bertz CT molecular complexity index is 1710. The van der Waals surface area contributed by atoms with E-state index in [0.717, 1.165) is 30.2 Å². The van der Waals surface area contributed by atoms with Crippen molar-refractivity contribution < 1.29 is 13.9 Å². The summed E-state index contributed by atoms with van der Waals surface area (Å²) >= 11 is 0. The Morgan fingerprint density at radius 2 is 1.91 bits per heavy atom. The number of carbonyl (C=O) groups is 1. The van der Waals surface area contributed by atoms with Crippen molar-refractivity contribution >= 4 is 60.4 Å². The number of aromatic nitrogens is 3. The van der Waals surface area contributed by atoms with Crippen LogP contribution in [0.3, 0.4) is 0 Å². The fraction of sp³-hybridized carbons (Fsp3) is 0.344. The molecule has 1 amide bonds. The Balaban J connectivity index is 0.00000221. The van der Waals surface area contributed by atoms with Crippen LogP contribution < -0.4 is 9.64 Å². The molecule has 2 atom stereocenters. The minimum atomic E-state index is -0.548. The number of fused-ring (bicyclic) bond motifs is 2. The SMILES string of the molecule is S.S.[C-]#[N+]C[C@H]1CN(c2nc(OC[C@@H]3CCCN3C)nc3c(F)c(-c4cccc5ccccc45)ncc23)CCN1C(=O)C=C. The predicted molar refractivity (Wildman–Crippen MR) is 182 cm³/mol. The molecule has 4 heterocycles. The number of hydrogen-bond acceptors (Lipinski definition) is 7. The van der Waals surface area contributed by atoms with Crippen LogP contribution >= 0.6 is 27.0 Å². The zero-order valence-electron chi connectivity index (χ0n) is 24.5. The summed E-state index contributed by atoms with van der Waals surface area (Å²) in [7, 11) is 2.07. The van der Waals surface area contributed by atoms with Gasteiger partial charge in [0.1, 0.15) is 29.7 Å². The number of likely N-dealkylation sites (tertiary alicyclic amines) is 1. The van der Waals surface area contributed by atoms with Crippen molar-refractivity contribution in [1.29, 1.82) is 0 Å². The Hall–Kier alpha value is -3.92. The van der Waals surface area contributed by atoms with Crippen LogP contribution in [0.1, 0.15) is 12.8 Å². The van der Waals surface area contributed by atoms with Crippen LogP contribution in [0.5, 0.6) is 6.01 Å². The van der Waals surface area contributed by atoms with E-state index in [1.54, 1.807) is 11.1 Å². The molecule has 2 aliphatic rings. The van der Waals surface area contributed by atoms with Crippen LogP contribution in [-0.2, 0) is 4.79 Å². The van der Waals surface area contributed by atoms with Crippen LogP contribution in [0.25, 0.3) is 37.8 Å². The molecular formula is C32H36FN7O2S2. The lowest BCUT2D eigenvalue weighted by Crippen LogP contribution is -2.56. The molecule has 2 aromatic carbocycles. The van der Waals surface area contributed by atoms with Crippen LogP contribution in [0.2, 0.25) is 0 Å². The van der Waals surface area contributed by atoms with E-state index in [9.17, 15) is 4.79 Å². The molecule has 0 unspecified atom stereocenters. The average molecular weight is 634 g/mol. The molecule has 2 fully saturated rings. The van der Waals surface area contributed by atoms with Gasteiger partial charge in [-0.3, -0.25) is 9.78 Å². The number of hydrogen-bond donors (Lipinski definition) is 0. The summed E-state index contributed by atoms with van der Waals surface area (Å²) < 4.78 is 22.6. The number of pyridine rings is 1. The van der Waals surface area contributed by atoms with E-state index >= 15 is 4.39 Å². The Morgan fingerprint density at radius 3 is 2.66 bits per heavy atom. The van der Waals surface area contributed by atoms with Gasteiger partial charge in [-0.15, -0.1) is 0 Å². The number of piperazine rings is 1. The fourth-order valence-electron chi connectivity index (χ4n) is 6.02. The van der Waals surface area contributed by atoms with Gasteiger partial charge in [0.15, 0.2) is 5.82 Å². The van der Waals surface area contributed by atoms with Gasteiger partial charge in [0.2, 0.25) is 12.5 Å². The molecular weight excluding hydrogens is 598 g/mol. The van der Waals surface area contributed by atoms with E-state index in [0.29, 0.717) is 43.0 Å². The topological polar surface area (TPSA) is 79.1 Å². The molecule has 0 N–H and O–H groups in total. The van der Waals surface area contributed by atoms with Crippen molar-refractivity contribution in [2.75, 3.05) is 51.3 Å². The summed E-state index contributed by atoms with van der Waals surface area (Å²) in [5.74, 6) is -0.284. The standard InChI is InChI=1S/C32H32FN7O2.2H2S/c1-4-27(41)40-16-15-39(19-23(40)17-34-2)31-26-18-35-29(25-13-7-10-21-9-5-6-12-24(21)25)28(33)30(26)36-32(37-31)42-20-22-11-8-14-38(22)3;;/h4-7,9-10,12-13,18,22-23H,1,8,11,14-17,19-20H2,3H3;2*1H2/t22-,23-;;/m0../s1. The number of ether oxygens (including phenoxy) is 1. The zero-order valence-corrected chi connectivity index (χ0v) is 26.5. The molecule has 9 nitrogen and oxygen atoms in total. The second-order valence-electron chi connectivity index (χ2n) is 10.8. The molecule has 230 valence electrons. The Labute approximate surface area is 270 Å². The smallest absolute Gasteiger partial charge is 0.319 e. The van der Waals surface area contributed by atoms with Crippen molar-refractivity contribution in [3.63, 3.8) is 0 Å². The molecule has 12 heteroatoms. The summed E-state index contributed by atoms with van der Waals surface area (Å²) in [6, 6.07) is 13.5. The van der Waals surface area contributed by atoms with Gasteiger partial charge in [-0.05, 0) is 43.3 Å². The van der Waals surface area contributed by atoms with Gasteiger partial charge in [-0.1, -0.05) is 49.0 Å². The van der Waals surface area contributed by atoms with Crippen molar-refractivity contribution in [3.8, 4) is 17.3 Å². The number of amides is 1. The largest absolute Gasteiger partial charge is 0.462 e. The summed E-state index contributed by atoms with van der Waals surface area (Å²) in [5, 5.41) is 2.33. The Kier molecular flexibility index (Phi) is 10.7. The Morgan fingerprint density at radius 1 is 1.11 bits per heavy atom. The highest BCUT2D eigenvalue weighted by Gasteiger charge is 2.34. The van der Waals surface area contributed by atoms with Crippen molar-refractivity contribution in [2.24, 2.45) is 0 Å². The first-order valence-corrected chi connectivity index (χ1v) is 14.2. The normalized spacial score (nSPS) is 18.4. The van der Waals surface area contributed by atoms with Crippen molar-refractivity contribution in [3.05, 3.63) is 78.6 Å². The maximum Gasteiger partial charge on any atom is 0.319 e. The number of benzene rings is 2. The summed E-state index contributed by atoms with van der Waals surface area (Å²) in [6.45, 7) is 13.8. The summed E-state index contributed by atoms with van der Waals surface area (Å²) in [4.78, 5) is 35.8. The number of likely N-dealkylation sites (N-methyl/N-ethyl adjacent to an activating group) is 1. The summed E-state index contributed by atoms with van der Waals surface area (Å²) in [6.07, 6.45) is 4.99. The van der Waals surface area contributed by atoms with Crippen molar-refractivity contribution in [2.45, 2.75) is 24.9 Å². The van der Waals surface area contributed by atoms with Gasteiger partial charge >= 0.3 is 6.01 Å². The van der Waals surface area contributed by atoms with E-state index in [-0.39, 0.29) is 68.7 Å². The van der Waals surface area contributed by atoms with Crippen molar-refractivity contribution in [1.82, 2.24) is 24.8 Å². The maximum absolute atomic E-state index is 16.5. The van der Waals surface area contributed by atoms with Crippen LogP contribution in [0, 0.1) is 12.4 Å². The van der Waals surface area contributed by atoms with Gasteiger partial charge in [0.05, 0.1) is 5.39 Å². The molecule has 0 spiro atoms. The van der Waals surface area contributed by atoms with Gasteiger partial charge in [0.25, 0.3) is 0 Å². The number of anilines is 1. The van der Waals surface area contributed by atoms with Crippen LogP contribution in [0.4, 0.5) is 10.2 Å². The first kappa shape index (κ1) is 33.0. The molecule has 44 heavy (non-hydrogen) atoms. The molecule has 0 aliphatic carbocycles. The van der Waals surface area contributed by atoms with E-state index in [2.05, 4.69) is 33.3 Å². The molecule has 2 saturated heterocycles. The van der Waals surface area contributed by atoms with E-state index in [4.69, 9.17) is 16.3 Å². The first-order chi connectivity index (χ1) is 20.5. The minimum Gasteiger partial charge on any atom is -0.462 e. The molecule has 0 radical (unpaired) electrons. The quantitative estimate of drug-likeness (QED) is 0.214. The third kappa shape index (κ3) is 6.31. The highest BCUT2D eigenvalue weighted by Crippen LogP contribution is 2.35. The molecule has 0 bridgehead atoms. The monoisotopic (exact) mass is 633 g/mol. The maximum atomic E-state index is 16.5. The summed E-state index contributed by atoms with van der Waals surface area (Å²) in [5.41, 5.74) is 1.01. The van der Waals surface area contributed by atoms with Gasteiger partial charge in [-0.25, -0.2) is 11.0 Å². The lowest BCUT2D eigenvalue weighted by atomic mass is 10.0. The molecule has 2 aliphatic heterocycles. The molecule has 0 saturated carbocycles. The lowest BCUT2D eigenvalue weighted by molar-refractivity contribution is -0.128. The average Bonchev–Trinajstić information content (AvgIpc) is 3.44. The molecule has 4 aromatic rings. The lowest BCUT2D eigenvalue weighted by Gasteiger charge is -2.39. The van der Waals surface area contributed by atoms with Crippen LogP contribution in [-0.4, -0.2) is 89.1 Å². The third-order valence-corrected chi connectivity index (χ3v) is 8.31. The highest BCUT2D eigenvalue weighted by atomic mass is 32.1. The molecule has 6 rings (SSSR count). The molecule has 2 aromatic heterocycles. The number of nitrogens with zero attached hydrogens (tertiary/aromatic N) is 7. The van der Waals surface area contributed by atoms with Gasteiger partial charge in [0, 0.05) is 37.4 Å².